The Hall–Kier alpha value is -1.01. The van der Waals surface area contributed by atoms with Gasteiger partial charge in [-0.25, -0.2) is 9.97 Å². The van der Waals surface area contributed by atoms with Crippen LogP contribution < -0.4 is 10.6 Å². The number of anilines is 2. The molecule has 1 atom stereocenters. The van der Waals surface area contributed by atoms with E-state index in [2.05, 4.69) is 33.9 Å². The second-order valence-electron chi connectivity index (χ2n) is 4.81. The second-order valence-corrected chi connectivity index (χ2v) is 5.58. The lowest BCUT2D eigenvalue weighted by atomic mass is 10.1. The fraction of sp³-hybridized carbons (Fsp3) is 0.667. The van der Waals surface area contributed by atoms with Crippen molar-refractivity contribution in [1.29, 1.82) is 0 Å². The molecule has 1 saturated heterocycles. The maximum Gasteiger partial charge on any atom is 0.191 e. The molecule has 2 heterocycles. The molecule has 2 rings (SSSR count). The summed E-state index contributed by atoms with van der Waals surface area (Å²) in [6.45, 7) is 2.27. The molecule has 6 heteroatoms. The maximum atomic E-state index is 5.83. The number of nitrogen functional groups attached to an aromatic ring is 1. The summed E-state index contributed by atoms with van der Waals surface area (Å²) in [6, 6.07) is 2.36. The molecular weight excluding hydrogens is 246 g/mol. The predicted octanol–water partition coefficient (Wildman–Crippen LogP) is 1.31. The normalized spacial score (nSPS) is 20.9. The third-order valence-electron chi connectivity index (χ3n) is 3.40. The van der Waals surface area contributed by atoms with Crippen LogP contribution in [0.15, 0.2) is 11.2 Å². The largest absolute Gasteiger partial charge is 0.383 e. The number of piperidine rings is 1. The van der Waals surface area contributed by atoms with Crippen LogP contribution in [0.5, 0.6) is 0 Å². The van der Waals surface area contributed by atoms with Crippen molar-refractivity contribution in [2.75, 3.05) is 44.1 Å². The number of thioether (sulfide) groups is 1. The molecule has 0 saturated carbocycles. The van der Waals surface area contributed by atoms with Crippen LogP contribution in [0.25, 0.3) is 0 Å². The highest BCUT2D eigenvalue weighted by molar-refractivity contribution is 7.98. The molecule has 1 aliphatic rings. The van der Waals surface area contributed by atoms with Gasteiger partial charge in [0.2, 0.25) is 0 Å². The van der Waals surface area contributed by atoms with E-state index in [1.54, 1.807) is 0 Å². The minimum Gasteiger partial charge on any atom is -0.383 e. The third kappa shape index (κ3) is 3.05. The molecule has 0 spiro atoms. The van der Waals surface area contributed by atoms with Gasteiger partial charge in [0, 0.05) is 25.7 Å². The SMILES string of the molecule is CSc1nc(N)cc(N(C)C2CCCN(C)C2)n1. The molecule has 1 aromatic rings. The van der Waals surface area contributed by atoms with Crippen LogP contribution in [0.3, 0.4) is 0 Å². The number of nitrogens with zero attached hydrogens (tertiary/aromatic N) is 4. The van der Waals surface area contributed by atoms with Gasteiger partial charge in [-0.3, -0.25) is 0 Å². The lowest BCUT2D eigenvalue weighted by Gasteiger charge is -2.36. The summed E-state index contributed by atoms with van der Waals surface area (Å²) in [4.78, 5) is 13.3. The van der Waals surface area contributed by atoms with Gasteiger partial charge in [0.05, 0.1) is 0 Å². The minimum absolute atomic E-state index is 0.507. The maximum absolute atomic E-state index is 5.83. The van der Waals surface area contributed by atoms with E-state index in [9.17, 15) is 0 Å². The van der Waals surface area contributed by atoms with Crippen LogP contribution >= 0.6 is 11.8 Å². The van der Waals surface area contributed by atoms with Crippen molar-refractivity contribution in [1.82, 2.24) is 14.9 Å². The number of hydrogen-bond acceptors (Lipinski definition) is 6. The molecule has 100 valence electrons. The van der Waals surface area contributed by atoms with E-state index in [4.69, 9.17) is 5.73 Å². The fourth-order valence-electron chi connectivity index (χ4n) is 2.34. The molecule has 2 N–H and O–H groups in total. The summed E-state index contributed by atoms with van der Waals surface area (Å²) in [5.41, 5.74) is 5.83. The van der Waals surface area contributed by atoms with Gasteiger partial charge in [-0.1, -0.05) is 11.8 Å². The summed E-state index contributed by atoms with van der Waals surface area (Å²) < 4.78 is 0. The Bertz CT molecular complexity index is 411. The number of likely N-dealkylation sites (tertiary alicyclic amines) is 1. The summed E-state index contributed by atoms with van der Waals surface area (Å²) in [6.07, 6.45) is 4.41. The first-order valence-electron chi connectivity index (χ1n) is 6.20. The van der Waals surface area contributed by atoms with Gasteiger partial charge in [-0.2, -0.15) is 0 Å². The number of hydrogen-bond donors (Lipinski definition) is 1. The Morgan fingerprint density at radius 2 is 2.28 bits per heavy atom. The van der Waals surface area contributed by atoms with Crippen molar-refractivity contribution in [2.45, 2.75) is 24.0 Å². The van der Waals surface area contributed by atoms with Crippen molar-refractivity contribution in [3.8, 4) is 0 Å². The Labute approximate surface area is 113 Å². The van der Waals surface area contributed by atoms with Gasteiger partial charge >= 0.3 is 0 Å². The minimum atomic E-state index is 0.507. The standard InChI is InChI=1S/C12H21N5S/c1-16-6-4-5-9(8-16)17(2)11-7-10(13)14-12(15-11)18-3/h7,9H,4-6,8H2,1-3H3,(H2,13,14,15). The van der Waals surface area contributed by atoms with Crippen LogP contribution in [0, 0.1) is 0 Å². The fourth-order valence-corrected chi connectivity index (χ4v) is 2.73. The van der Waals surface area contributed by atoms with Crippen molar-refractivity contribution in [3.05, 3.63) is 6.07 Å². The van der Waals surface area contributed by atoms with Crippen molar-refractivity contribution >= 4 is 23.4 Å². The predicted molar refractivity (Wildman–Crippen MR) is 77.1 cm³/mol. The zero-order valence-corrected chi connectivity index (χ0v) is 12.1. The van der Waals surface area contributed by atoms with Gasteiger partial charge in [0.1, 0.15) is 11.6 Å². The van der Waals surface area contributed by atoms with Crippen LogP contribution in [-0.2, 0) is 0 Å². The third-order valence-corrected chi connectivity index (χ3v) is 3.95. The van der Waals surface area contributed by atoms with E-state index in [1.807, 2.05) is 12.3 Å². The van der Waals surface area contributed by atoms with E-state index >= 15 is 0 Å². The quantitative estimate of drug-likeness (QED) is 0.658. The van der Waals surface area contributed by atoms with Crippen LogP contribution in [0.4, 0.5) is 11.6 Å². The van der Waals surface area contributed by atoms with Gasteiger partial charge < -0.3 is 15.5 Å². The first kappa shape index (κ1) is 13.4. The smallest absolute Gasteiger partial charge is 0.191 e. The first-order chi connectivity index (χ1) is 8.60. The van der Waals surface area contributed by atoms with Gasteiger partial charge in [0.15, 0.2) is 5.16 Å². The van der Waals surface area contributed by atoms with Gasteiger partial charge in [-0.05, 0) is 32.7 Å². The van der Waals surface area contributed by atoms with Crippen molar-refractivity contribution in [2.24, 2.45) is 0 Å². The Morgan fingerprint density at radius 3 is 2.94 bits per heavy atom. The van der Waals surface area contributed by atoms with Crippen LogP contribution in [0.1, 0.15) is 12.8 Å². The summed E-state index contributed by atoms with van der Waals surface area (Å²) in [7, 11) is 4.26. The highest BCUT2D eigenvalue weighted by atomic mass is 32.2. The van der Waals surface area contributed by atoms with Crippen molar-refractivity contribution in [3.63, 3.8) is 0 Å². The van der Waals surface area contributed by atoms with E-state index in [-0.39, 0.29) is 0 Å². The monoisotopic (exact) mass is 267 g/mol. The number of likely N-dealkylation sites (N-methyl/N-ethyl adjacent to an activating group) is 2. The molecule has 1 aromatic heterocycles. The molecule has 1 aliphatic heterocycles. The summed E-state index contributed by atoms with van der Waals surface area (Å²) in [5, 5.41) is 0.737. The average Bonchev–Trinajstić information content (AvgIpc) is 2.37. The summed E-state index contributed by atoms with van der Waals surface area (Å²) in [5.74, 6) is 1.47. The molecular formula is C12H21N5S. The number of rotatable bonds is 3. The van der Waals surface area contributed by atoms with Crippen LogP contribution in [-0.4, -0.2) is 54.4 Å². The first-order valence-corrected chi connectivity index (χ1v) is 7.42. The molecule has 1 unspecified atom stereocenters. The Balaban J connectivity index is 2.16. The van der Waals surface area contributed by atoms with E-state index in [1.165, 1.54) is 31.1 Å². The van der Waals surface area contributed by atoms with Gasteiger partial charge in [-0.15, -0.1) is 0 Å². The van der Waals surface area contributed by atoms with E-state index < -0.39 is 0 Å². The molecule has 0 amide bonds. The van der Waals surface area contributed by atoms with Crippen LogP contribution in [0.2, 0.25) is 0 Å². The molecule has 18 heavy (non-hydrogen) atoms. The molecule has 0 radical (unpaired) electrons. The lowest BCUT2D eigenvalue weighted by Crippen LogP contribution is -2.45. The molecule has 5 nitrogen and oxygen atoms in total. The highest BCUT2D eigenvalue weighted by Crippen LogP contribution is 2.22. The van der Waals surface area contributed by atoms with Crippen molar-refractivity contribution < 1.29 is 0 Å². The molecule has 0 bridgehead atoms. The Morgan fingerprint density at radius 1 is 1.50 bits per heavy atom. The van der Waals surface area contributed by atoms with E-state index in [0.717, 1.165) is 17.5 Å². The average molecular weight is 267 g/mol. The topological polar surface area (TPSA) is 58.3 Å². The molecule has 0 aromatic carbocycles. The lowest BCUT2D eigenvalue weighted by molar-refractivity contribution is 0.247. The number of nitrogens with two attached hydrogens (primary N) is 1. The molecule has 0 aliphatic carbocycles. The zero-order chi connectivity index (χ0) is 13.1. The highest BCUT2D eigenvalue weighted by Gasteiger charge is 2.22. The molecule has 1 fully saturated rings. The zero-order valence-electron chi connectivity index (χ0n) is 11.3. The van der Waals surface area contributed by atoms with E-state index in [0.29, 0.717) is 11.9 Å². The summed E-state index contributed by atoms with van der Waals surface area (Å²) >= 11 is 1.52. The Kier molecular flexibility index (Phi) is 4.29. The number of aromatic nitrogens is 2. The second kappa shape index (κ2) is 5.75. The van der Waals surface area contributed by atoms with Gasteiger partial charge in [0.25, 0.3) is 0 Å².